The summed E-state index contributed by atoms with van der Waals surface area (Å²) in [7, 11) is 0. The summed E-state index contributed by atoms with van der Waals surface area (Å²) >= 11 is 0. The van der Waals surface area contributed by atoms with E-state index in [4.69, 9.17) is 19.9 Å². The molecular formula is C38H54N6O5. The Morgan fingerprint density at radius 3 is 2.43 bits per heavy atom. The van der Waals surface area contributed by atoms with Crippen LogP contribution in [-0.4, -0.2) is 82.5 Å². The number of carbonyl (C=O) groups excluding carboxylic acids is 3. The largest absolute Gasteiger partial charge is 0.444 e. The Labute approximate surface area is 290 Å². The fourth-order valence-corrected chi connectivity index (χ4v) is 7.95. The van der Waals surface area contributed by atoms with Crippen molar-refractivity contribution in [2.24, 2.45) is 28.7 Å². The summed E-state index contributed by atoms with van der Waals surface area (Å²) < 4.78 is 10.9. The van der Waals surface area contributed by atoms with Gasteiger partial charge in [0.05, 0.1) is 0 Å². The number of benzene rings is 2. The van der Waals surface area contributed by atoms with Crippen molar-refractivity contribution in [3.63, 3.8) is 0 Å². The van der Waals surface area contributed by atoms with Crippen LogP contribution in [0.4, 0.5) is 9.59 Å². The highest BCUT2D eigenvalue weighted by atomic mass is 16.6. The predicted octanol–water partition coefficient (Wildman–Crippen LogP) is 6.35. The summed E-state index contributed by atoms with van der Waals surface area (Å²) in [5, 5.41) is 16.5. The quantitative estimate of drug-likeness (QED) is 0.210. The first-order chi connectivity index (χ1) is 23.0. The van der Waals surface area contributed by atoms with E-state index in [-0.39, 0.29) is 30.3 Å². The number of ether oxygens (including phenoxy) is 2. The number of nitrogens with one attached hydrogen (secondary N) is 3. The Morgan fingerprint density at radius 1 is 1.04 bits per heavy atom. The minimum atomic E-state index is -0.880. The summed E-state index contributed by atoms with van der Waals surface area (Å²) in [6, 6.07) is 14.3. The molecule has 3 amide bonds. The second-order valence-corrected chi connectivity index (χ2v) is 16.2. The molecule has 2 aromatic rings. The molecule has 266 valence electrons. The number of aliphatic imine (C=N–C) groups is 1. The molecular weight excluding hydrogens is 620 g/mol. The average Bonchev–Trinajstić information content (AvgIpc) is 3.26. The maximum absolute atomic E-state index is 14.4. The van der Waals surface area contributed by atoms with Gasteiger partial charge in [-0.15, -0.1) is 0 Å². The highest BCUT2D eigenvalue weighted by molar-refractivity contribution is 6.00. The van der Waals surface area contributed by atoms with Crippen LogP contribution >= 0.6 is 0 Å². The molecule has 4 aliphatic rings. The molecule has 0 radical (unpaired) electrons. The molecule has 1 saturated carbocycles. The van der Waals surface area contributed by atoms with E-state index in [9.17, 15) is 14.4 Å². The lowest BCUT2D eigenvalue weighted by atomic mass is 9.59. The maximum Gasteiger partial charge on any atom is 0.417 e. The summed E-state index contributed by atoms with van der Waals surface area (Å²) in [5.74, 6) is 0.691. The van der Waals surface area contributed by atoms with Crippen LogP contribution in [0.25, 0.3) is 10.8 Å². The normalized spacial score (nSPS) is 24.6. The summed E-state index contributed by atoms with van der Waals surface area (Å²) in [6.45, 7) is 16.8. The first kappa shape index (κ1) is 36.3. The van der Waals surface area contributed by atoms with Crippen molar-refractivity contribution in [1.29, 1.82) is 5.41 Å². The number of guanidine groups is 1. The maximum atomic E-state index is 14.4. The van der Waals surface area contributed by atoms with Crippen LogP contribution in [0.2, 0.25) is 0 Å². The van der Waals surface area contributed by atoms with Gasteiger partial charge in [-0.3, -0.25) is 25.4 Å². The molecule has 4 unspecified atom stereocenters. The molecule has 5 atom stereocenters. The van der Waals surface area contributed by atoms with Crippen molar-refractivity contribution in [2.75, 3.05) is 19.6 Å². The minimum absolute atomic E-state index is 0.0280. The van der Waals surface area contributed by atoms with Crippen LogP contribution in [0.3, 0.4) is 0 Å². The zero-order valence-corrected chi connectivity index (χ0v) is 30.3. The molecule has 11 heteroatoms. The zero-order valence-electron chi connectivity index (χ0n) is 30.3. The van der Waals surface area contributed by atoms with Crippen molar-refractivity contribution >= 4 is 41.0 Å². The van der Waals surface area contributed by atoms with E-state index in [0.717, 1.165) is 40.6 Å². The smallest absolute Gasteiger partial charge is 0.417 e. The number of likely N-dealkylation sites (tertiary alicyclic amines) is 1. The average molecular weight is 675 g/mol. The molecule has 3 heterocycles. The predicted molar refractivity (Wildman–Crippen MR) is 192 cm³/mol. The highest BCUT2D eigenvalue weighted by Crippen LogP contribution is 2.55. The second-order valence-electron chi connectivity index (χ2n) is 16.2. The highest BCUT2D eigenvalue weighted by Gasteiger charge is 2.67. The van der Waals surface area contributed by atoms with Gasteiger partial charge in [-0.25, -0.2) is 14.5 Å². The van der Waals surface area contributed by atoms with Gasteiger partial charge in [0.25, 0.3) is 0 Å². The summed E-state index contributed by atoms with van der Waals surface area (Å²) in [6.07, 6.45) is 2.91. The van der Waals surface area contributed by atoms with E-state index >= 15 is 0 Å². The van der Waals surface area contributed by atoms with Crippen molar-refractivity contribution in [3.05, 3.63) is 48.0 Å². The van der Waals surface area contributed by atoms with Crippen LogP contribution in [0, 0.1) is 29.1 Å². The van der Waals surface area contributed by atoms with E-state index in [1.54, 1.807) is 41.5 Å². The van der Waals surface area contributed by atoms with Gasteiger partial charge in [0.2, 0.25) is 11.9 Å². The van der Waals surface area contributed by atoms with E-state index < -0.39 is 34.9 Å². The van der Waals surface area contributed by atoms with E-state index in [1.165, 1.54) is 0 Å². The molecule has 3 aliphatic heterocycles. The van der Waals surface area contributed by atoms with Gasteiger partial charge in [0.1, 0.15) is 11.2 Å². The molecule has 49 heavy (non-hydrogen) atoms. The Morgan fingerprint density at radius 2 is 1.73 bits per heavy atom. The topological polar surface area (TPSA) is 136 Å². The molecule has 0 spiro atoms. The van der Waals surface area contributed by atoms with Gasteiger partial charge in [0.15, 0.2) is 5.54 Å². The molecule has 1 saturated heterocycles. The molecule has 11 nitrogen and oxygen atoms in total. The third-order valence-corrected chi connectivity index (χ3v) is 9.67. The second kappa shape index (κ2) is 14.1. The van der Waals surface area contributed by atoms with Crippen molar-refractivity contribution < 1.29 is 23.9 Å². The summed E-state index contributed by atoms with van der Waals surface area (Å²) in [4.78, 5) is 48.8. The first-order valence-corrected chi connectivity index (χ1v) is 17.6. The van der Waals surface area contributed by atoms with Crippen molar-refractivity contribution in [2.45, 2.75) is 104 Å². The molecule has 2 aromatic carbocycles. The van der Waals surface area contributed by atoms with E-state index in [0.29, 0.717) is 31.3 Å². The number of fused-ring (bicyclic) bond motifs is 1. The van der Waals surface area contributed by atoms with Crippen LogP contribution in [-0.2, 0) is 20.8 Å². The van der Waals surface area contributed by atoms with Crippen LogP contribution in [0.1, 0.15) is 80.2 Å². The number of amides is 3. The lowest BCUT2D eigenvalue weighted by Gasteiger charge is -2.51. The fraction of sp³-hybridized carbons (Fsp3) is 0.605. The molecule has 0 aromatic heterocycles. The van der Waals surface area contributed by atoms with Gasteiger partial charge in [0, 0.05) is 44.4 Å². The Balaban J connectivity index is 1.33. The monoisotopic (exact) mass is 674 g/mol. The fourth-order valence-electron chi connectivity index (χ4n) is 7.95. The Bertz CT molecular complexity index is 1590. The number of rotatable bonds is 9. The minimum Gasteiger partial charge on any atom is -0.444 e. The van der Waals surface area contributed by atoms with Crippen molar-refractivity contribution in [1.82, 2.24) is 20.4 Å². The Kier molecular flexibility index (Phi) is 10.4. The third-order valence-electron chi connectivity index (χ3n) is 9.67. The van der Waals surface area contributed by atoms with Gasteiger partial charge >= 0.3 is 12.2 Å². The number of hydrogen-bond acceptors (Lipinski definition) is 8. The molecule has 2 fully saturated rings. The molecule has 6 rings (SSSR count). The van der Waals surface area contributed by atoms with Crippen LogP contribution in [0.15, 0.2) is 47.5 Å². The lowest BCUT2D eigenvalue weighted by Crippen LogP contribution is -2.65. The number of nitrogens with zero attached hydrogens (tertiary/aromatic N) is 3. The standard InChI is InChI=1S/C38H54N6O5/c1-24(2)19-30-27-20-28-23-43(17-12-18-44(35(47)49-37(6,7)8)33(39)42-34(46)48-36(3,4)5)31(30)38(28,41-22-27)32(45)40-21-26-15-11-14-25-13-9-10-16-29(25)26/h9-11,13-16,22,24,27-28,30-31H,12,17-21,23H2,1-8H3,(H,40,45)(H2,39,42,46)/t27?,28?,30?,31-,38?/m0/s1. The van der Waals surface area contributed by atoms with Crippen molar-refractivity contribution in [3.8, 4) is 0 Å². The van der Waals surface area contributed by atoms with Crippen LogP contribution in [0.5, 0.6) is 0 Å². The third kappa shape index (κ3) is 8.09. The summed E-state index contributed by atoms with van der Waals surface area (Å²) in [5.41, 5.74) is -1.36. The van der Waals surface area contributed by atoms with E-state index in [1.807, 2.05) is 18.2 Å². The molecule has 1 aliphatic carbocycles. The van der Waals surface area contributed by atoms with Gasteiger partial charge < -0.3 is 14.8 Å². The molecule has 4 bridgehead atoms. The van der Waals surface area contributed by atoms with Crippen LogP contribution < -0.4 is 10.6 Å². The van der Waals surface area contributed by atoms with Gasteiger partial charge in [-0.05, 0) is 94.9 Å². The van der Waals surface area contributed by atoms with E-state index in [2.05, 4.69) is 59.9 Å². The van der Waals surface area contributed by atoms with Gasteiger partial charge in [-0.1, -0.05) is 56.3 Å². The number of hydrogen-bond donors (Lipinski definition) is 3. The first-order valence-electron chi connectivity index (χ1n) is 17.6. The van der Waals surface area contributed by atoms with Gasteiger partial charge in [-0.2, -0.15) is 0 Å². The SMILES string of the molecule is CC(C)CC1C2C=NC3(C(=O)NCc4cccc5ccccc45)C(C2)CN(CCCN(C(=N)NC(=O)OC(C)(C)C)C(=O)OC(C)(C)C)[C@@H]13. The molecule has 3 N–H and O–H groups in total. The Hall–Kier alpha value is -3.99. The number of carbonyl (C=O) groups is 3. The lowest BCUT2D eigenvalue weighted by molar-refractivity contribution is -0.132. The number of alkyl carbamates (subject to hydrolysis) is 1. The zero-order chi connectivity index (χ0) is 35.7.